The normalized spacial score (nSPS) is 18.1. The lowest BCUT2D eigenvalue weighted by atomic mass is 9.79. The van der Waals surface area contributed by atoms with Crippen molar-refractivity contribution in [2.75, 3.05) is 25.1 Å². The fraction of sp³-hybridized carbons (Fsp3) is 0.462. The molecule has 0 spiro atoms. The minimum atomic E-state index is -0.542. The van der Waals surface area contributed by atoms with E-state index >= 15 is 0 Å². The largest absolute Gasteiger partial charge is 0.381 e. The molecule has 1 fully saturated rings. The van der Waals surface area contributed by atoms with Gasteiger partial charge >= 0.3 is 0 Å². The standard InChI is InChI=1S/C13H16BrClN2O2/c14-10-2-1-9(15)7-11(10)17-12(18)13(8-16)3-5-19-6-4-13/h1-2,7H,3-6,8,16H2,(H,17,18). The van der Waals surface area contributed by atoms with Gasteiger partial charge in [0.05, 0.1) is 11.1 Å². The van der Waals surface area contributed by atoms with E-state index in [2.05, 4.69) is 21.2 Å². The SMILES string of the molecule is NCC1(C(=O)Nc2cc(Cl)ccc2Br)CCOCC1. The molecule has 3 N–H and O–H groups in total. The molecule has 104 valence electrons. The highest BCUT2D eigenvalue weighted by molar-refractivity contribution is 9.10. The highest BCUT2D eigenvalue weighted by Crippen LogP contribution is 2.33. The number of nitrogens with two attached hydrogens (primary N) is 1. The molecular weight excluding hydrogens is 332 g/mol. The highest BCUT2D eigenvalue weighted by atomic mass is 79.9. The van der Waals surface area contributed by atoms with Crippen molar-refractivity contribution < 1.29 is 9.53 Å². The van der Waals surface area contributed by atoms with Gasteiger partial charge in [-0.15, -0.1) is 0 Å². The van der Waals surface area contributed by atoms with E-state index in [1.165, 1.54) is 0 Å². The average molecular weight is 348 g/mol. The summed E-state index contributed by atoms with van der Waals surface area (Å²) in [5, 5.41) is 3.48. The van der Waals surface area contributed by atoms with Gasteiger partial charge < -0.3 is 15.8 Å². The van der Waals surface area contributed by atoms with Crippen LogP contribution < -0.4 is 11.1 Å². The van der Waals surface area contributed by atoms with Gasteiger partial charge in [0.2, 0.25) is 5.91 Å². The third-order valence-corrected chi connectivity index (χ3v) is 4.43. The maximum Gasteiger partial charge on any atom is 0.232 e. The third kappa shape index (κ3) is 3.28. The Morgan fingerprint density at radius 3 is 2.79 bits per heavy atom. The Labute approximate surface area is 125 Å². The van der Waals surface area contributed by atoms with Gasteiger partial charge in [0.1, 0.15) is 0 Å². The molecule has 1 aliphatic rings. The van der Waals surface area contributed by atoms with Crippen LogP contribution in [0.1, 0.15) is 12.8 Å². The van der Waals surface area contributed by atoms with Crippen LogP contribution in [0.3, 0.4) is 0 Å². The summed E-state index contributed by atoms with van der Waals surface area (Å²) < 4.78 is 6.10. The first kappa shape index (κ1) is 14.8. The van der Waals surface area contributed by atoms with Gasteiger partial charge in [0.25, 0.3) is 0 Å². The molecule has 1 aromatic carbocycles. The summed E-state index contributed by atoms with van der Waals surface area (Å²) in [6.45, 7) is 1.46. The van der Waals surface area contributed by atoms with Crippen LogP contribution in [0, 0.1) is 5.41 Å². The summed E-state index contributed by atoms with van der Waals surface area (Å²) >= 11 is 9.33. The average Bonchev–Trinajstić information content (AvgIpc) is 2.43. The Morgan fingerprint density at radius 2 is 2.16 bits per heavy atom. The number of benzene rings is 1. The van der Waals surface area contributed by atoms with E-state index < -0.39 is 5.41 Å². The summed E-state index contributed by atoms with van der Waals surface area (Å²) in [5.74, 6) is -0.0683. The molecule has 0 radical (unpaired) electrons. The molecule has 0 unspecified atom stereocenters. The van der Waals surface area contributed by atoms with Crippen LogP contribution in [0.15, 0.2) is 22.7 Å². The topological polar surface area (TPSA) is 64.4 Å². The zero-order valence-corrected chi connectivity index (χ0v) is 12.8. The van der Waals surface area contributed by atoms with Crippen molar-refractivity contribution in [3.8, 4) is 0 Å². The lowest BCUT2D eigenvalue weighted by Gasteiger charge is -2.34. The zero-order valence-electron chi connectivity index (χ0n) is 10.4. The number of ether oxygens (including phenoxy) is 1. The number of hydrogen-bond acceptors (Lipinski definition) is 3. The number of nitrogens with one attached hydrogen (secondary N) is 1. The van der Waals surface area contributed by atoms with E-state index in [9.17, 15) is 4.79 Å². The third-order valence-electron chi connectivity index (χ3n) is 3.50. The second kappa shape index (κ2) is 6.22. The van der Waals surface area contributed by atoms with Crippen molar-refractivity contribution in [2.45, 2.75) is 12.8 Å². The fourth-order valence-corrected chi connectivity index (χ4v) is 2.65. The molecule has 0 atom stereocenters. The van der Waals surface area contributed by atoms with Crippen molar-refractivity contribution in [2.24, 2.45) is 11.1 Å². The smallest absolute Gasteiger partial charge is 0.232 e. The first-order valence-corrected chi connectivity index (χ1v) is 7.29. The molecule has 19 heavy (non-hydrogen) atoms. The molecule has 1 aromatic rings. The number of rotatable bonds is 3. The van der Waals surface area contributed by atoms with Crippen molar-refractivity contribution in [1.82, 2.24) is 0 Å². The van der Waals surface area contributed by atoms with Gasteiger partial charge in [-0.25, -0.2) is 0 Å². The van der Waals surface area contributed by atoms with Gasteiger partial charge in [-0.05, 0) is 47.0 Å². The minimum Gasteiger partial charge on any atom is -0.381 e. The molecular formula is C13H16BrClN2O2. The molecule has 1 amide bonds. The van der Waals surface area contributed by atoms with E-state index in [1.54, 1.807) is 18.2 Å². The quantitative estimate of drug-likeness (QED) is 0.883. The van der Waals surface area contributed by atoms with Crippen LogP contribution in [0.4, 0.5) is 5.69 Å². The van der Waals surface area contributed by atoms with Gasteiger partial charge in [0, 0.05) is 29.3 Å². The molecule has 6 heteroatoms. The van der Waals surface area contributed by atoms with E-state index in [-0.39, 0.29) is 5.91 Å². The van der Waals surface area contributed by atoms with Crippen LogP contribution in [0.25, 0.3) is 0 Å². The number of hydrogen-bond donors (Lipinski definition) is 2. The molecule has 0 aliphatic carbocycles. The second-order valence-electron chi connectivity index (χ2n) is 4.68. The number of carbonyl (C=O) groups excluding carboxylic acids is 1. The van der Waals surface area contributed by atoms with Crippen LogP contribution in [0.2, 0.25) is 5.02 Å². The zero-order chi connectivity index (χ0) is 13.9. The number of anilines is 1. The van der Waals surface area contributed by atoms with Crippen LogP contribution in [0.5, 0.6) is 0 Å². The summed E-state index contributed by atoms with van der Waals surface area (Å²) in [4.78, 5) is 12.5. The summed E-state index contributed by atoms with van der Waals surface area (Å²) in [6.07, 6.45) is 1.29. The Hall–Kier alpha value is -0.620. The first-order chi connectivity index (χ1) is 9.07. The molecule has 0 saturated carbocycles. The summed E-state index contributed by atoms with van der Waals surface area (Å²) in [5.41, 5.74) is 5.93. The lowest BCUT2D eigenvalue weighted by molar-refractivity contribution is -0.130. The Balaban J connectivity index is 2.17. The highest BCUT2D eigenvalue weighted by Gasteiger charge is 2.38. The minimum absolute atomic E-state index is 0.0683. The Kier molecular flexibility index (Phi) is 4.84. The van der Waals surface area contributed by atoms with E-state index in [0.29, 0.717) is 43.3 Å². The van der Waals surface area contributed by atoms with E-state index in [4.69, 9.17) is 22.1 Å². The fourth-order valence-electron chi connectivity index (χ4n) is 2.13. The Bertz CT molecular complexity index is 476. The van der Waals surface area contributed by atoms with Crippen molar-refractivity contribution in [1.29, 1.82) is 0 Å². The van der Waals surface area contributed by atoms with Crippen LogP contribution in [-0.4, -0.2) is 25.7 Å². The van der Waals surface area contributed by atoms with Gasteiger partial charge in [0.15, 0.2) is 0 Å². The summed E-state index contributed by atoms with van der Waals surface area (Å²) in [7, 11) is 0. The molecule has 0 bridgehead atoms. The molecule has 4 nitrogen and oxygen atoms in total. The second-order valence-corrected chi connectivity index (χ2v) is 5.97. The van der Waals surface area contributed by atoms with Gasteiger partial charge in [-0.1, -0.05) is 11.6 Å². The van der Waals surface area contributed by atoms with Gasteiger partial charge in [-0.2, -0.15) is 0 Å². The number of carbonyl (C=O) groups is 1. The summed E-state index contributed by atoms with van der Waals surface area (Å²) in [6, 6.07) is 5.28. The molecule has 0 aromatic heterocycles. The lowest BCUT2D eigenvalue weighted by Crippen LogP contribution is -2.46. The first-order valence-electron chi connectivity index (χ1n) is 6.12. The molecule has 2 rings (SSSR count). The van der Waals surface area contributed by atoms with E-state index in [0.717, 1.165) is 4.47 Å². The Morgan fingerprint density at radius 1 is 1.47 bits per heavy atom. The van der Waals surface area contributed by atoms with Crippen LogP contribution >= 0.6 is 27.5 Å². The van der Waals surface area contributed by atoms with Crippen molar-refractivity contribution in [3.05, 3.63) is 27.7 Å². The number of amides is 1. The molecule has 1 saturated heterocycles. The maximum atomic E-state index is 12.5. The molecule has 1 heterocycles. The monoisotopic (exact) mass is 346 g/mol. The maximum absolute atomic E-state index is 12.5. The predicted molar refractivity (Wildman–Crippen MR) is 79.3 cm³/mol. The van der Waals surface area contributed by atoms with Crippen molar-refractivity contribution >= 4 is 39.1 Å². The van der Waals surface area contributed by atoms with Crippen molar-refractivity contribution in [3.63, 3.8) is 0 Å². The van der Waals surface area contributed by atoms with Crippen LogP contribution in [-0.2, 0) is 9.53 Å². The van der Waals surface area contributed by atoms with Gasteiger partial charge in [-0.3, -0.25) is 4.79 Å². The number of halogens is 2. The van der Waals surface area contributed by atoms with E-state index in [1.807, 2.05) is 0 Å². The molecule has 1 aliphatic heterocycles. The predicted octanol–water partition coefficient (Wildman–Crippen LogP) is 2.80.